The normalized spacial score (nSPS) is 19.0. The maximum absolute atomic E-state index is 12.5. The van der Waals surface area contributed by atoms with Gasteiger partial charge in [0.15, 0.2) is 0 Å². The van der Waals surface area contributed by atoms with Gasteiger partial charge in [-0.25, -0.2) is 4.98 Å². The number of carbonyl (C=O) groups excluding carboxylic acids is 1. The lowest BCUT2D eigenvalue weighted by Crippen LogP contribution is -2.40. The Hall–Kier alpha value is -1.69. The minimum Gasteiger partial charge on any atom is -0.361 e. The third-order valence-electron chi connectivity index (χ3n) is 4.08. The molecule has 6 heteroatoms. The number of hydrogen-bond donors (Lipinski definition) is 0. The van der Waals surface area contributed by atoms with Crippen molar-refractivity contribution in [1.29, 1.82) is 0 Å². The average Bonchev–Trinajstić information content (AvgIpc) is 3.13. The maximum Gasteiger partial charge on any atom is 0.227 e. The molecule has 3 rings (SSSR count). The lowest BCUT2D eigenvalue weighted by atomic mass is 9.98. The fraction of sp³-hybridized carbons (Fsp3) is 0.533. The van der Waals surface area contributed by atoms with Crippen LogP contribution in [0.4, 0.5) is 0 Å². The molecule has 3 heterocycles. The Morgan fingerprint density at radius 3 is 3.05 bits per heavy atom. The van der Waals surface area contributed by atoms with Crippen LogP contribution in [-0.4, -0.2) is 34.0 Å². The van der Waals surface area contributed by atoms with Crippen LogP contribution in [0.5, 0.6) is 0 Å². The number of carbonyl (C=O) groups is 1. The number of likely N-dealkylation sites (tertiary alicyclic amines) is 1. The van der Waals surface area contributed by atoms with E-state index in [1.54, 1.807) is 11.3 Å². The summed E-state index contributed by atoms with van der Waals surface area (Å²) in [6.45, 7) is 5.35. The smallest absolute Gasteiger partial charge is 0.227 e. The topological polar surface area (TPSA) is 59.2 Å². The summed E-state index contributed by atoms with van der Waals surface area (Å²) >= 11 is 1.68. The second-order valence-electron chi connectivity index (χ2n) is 5.53. The van der Waals surface area contributed by atoms with Crippen LogP contribution in [0.3, 0.4) is 0 Å². The van der Waals surface area contributed by atoms with E-state index in [0.717, 1.165) is 48.0 Å². The molecule has 1 amide bonds. The molecule has 0 aliphatic carbocycles. The number of amides is 1. The van der Waals surface area contributed by atoms with Gasteiger partial charge in [0, 0.05) is 36.1 Å². The van der Waals surface area contributed by atoms with Crippen LogP contribution in [0.15, 0.2) is 16.1 Å². The molecule has 0 N–H and O–H groups in total. The van der Waals surface area contributed by atoms with Gasteiger partial charge in [-0.3, -0.25) is 4.79 Å². The highest BCUT2D eigenvalue weighted by molar-refractivity contribution is 7.09. The van der Waals surface area contributed by atoms with Crippen LogP contribution in [0.1, 0.15) is 40.8 Å². The molecule has 112 valence electrons. The van der Waals surface area contributed by atoms with Crippen molar-refractivity contribution >= 4 is 17.2 Å². The molecule has 0 unspecified atom stereocenters. The number of aromatic nitrogens is 2. The first-order valence-corrected chi connectivity index (χ1v) is 8.12. The van der Waals surface area contributed by atoms with Crippen molar-refractivity contribution in [2.75, 3.05) is 13.1 Å². The predicted molar refractivity (Wildman–Crippen MR) is 80.4 cm³/mol. The number of aryl methyl sites for hydroxylation is 2. The average molecular weight is 305 g/mol. The van der Waals surface area contributed by atoms with E-state index in [4.69, 9.17) is 4.52 Å². The van der Waals surface area contributed by atoms with Crippen LogP contribution in [-0.2, 0) is 11.2 Å². The fourth-order valence-electron chi connectivity index (χ4n) is 2.86. The van der Waals surface area contributed by atoms with Crippen LogP contribution >= 0.6 is 11.3 Å². The zero-order chi connectivity index (χ0) is 14.8. The summed E-state index contributed by atoms with van der Waals surface area (Å²) in [6, 6.07) is 0. The summed E-state index contributed by atoms with van der Waals surface area (Å²) in [5.74, 6) is 1.28. The highest BCUT2D eigenvalue weighted by atomic mass is 32.1. The molecule has 0 spiro atoms. The van der Waals surface area contributed by atoms with Crippen molar-refractivity contribution in [3.05, 3.63) is 33.6 Å². The Balaban J connectivity index is 1.67. The monoisotopic (exact) mass is 305 g/mol. The molecule has 2 aromatic rings. The van der Waals surface area contributed by atoms with Crippen molar-refractivity contribution in [1.82, 2.24) is 15.0 Å². The van der Waals surface area contributed by atoms with Crippen LogP contribution in [0.2, 0.25) is 0 Å². The molecule has 1 aliphatic rings. The molecule has 0 radical (unpaired) electrons. The van der Waals surface area contributed by atoms with Gasteiger partial charge in [0.2, 0.25) is 5.91 Å². The van der Waals surface area contributed by atoms with Crippen molar-refractivity contribution in [2.45, 2.75) is 39.0 Å². The molecular formula is C15H19N3O2S. The largest absolute Gasteiger partial charge is 0.361 e. The van der Waals surface area contributed by atoms with Crippen molar-refractivity contribution in [2.24, 2.45) is 0 Å². The molecule has 0 bridgehead atoms. The Morgan fingerprint density at radius 1 is 1.52 bits per heavy atom. The second kappa shape index (κ2) is 5.97. The SMILES string of the molecule is Cc1noc(C)c1CC(=O)N1CCC[C@@H](c2nccs2)C1. The molecule has 0 saturated carbocycles. The summed E-state index contributed by atoms with van der Waals surface area (Å²) < 4.78 is 5.13. The zero-order valence-electron chi connectivity index (χ0n) is 12.3. The lowest BCUT2D eigenvalue weighted by molar-refractivity contribution is -0.131. The van der Waals surface area contributed by atoms with Crippen LogP contribution < -0.4 is 0 Å². The molecule has 21 heavy (non-hydrogen) atoms. The molecular weight excluding hydrogens is 286 g/mol. The lowest BCUT2D eigenvalue weighted by Gasteiger charge is -2.32. The standard InChI is InChI=1S/C15H19N3O2S/c1-10-13(11(2)20-17-10)8-14(19)18-6-3-4-12(9-18)15-16-5-7-21-15/h5,7,12H,3-4,6,8-9H2,1-2H3/t12-/m1/s1. The van der Waals surface area contributed by atoms with Crippen molar-refractivity contribution in [3.63, 3.8) is 0 Å². The Bertz CT molecular complexity index is 601. The number of piperidine rings is 1. The van der Waals surface area contributed by atoms with E-state index in [0.29, 0.717) is 12.3 Å². The highest BCUT2D eigenvalue weighted by Gasteiger charge is 2.27. The summed E-state index contributed by atoms with van der Waals surface area (Å²) in [6.07, 6.45) is 4.37. The Kier molecular flexibility index (Phi) is 4.05. The van der Waals surface area contributed by atoms with E-state index >= 15 is 0 Å². The Morgan fingerprint density at radius 2 is 2.38 bits per heavy atom. The molecule has 1 saturated heterocycles. The van der Waals surface area contributed by atoms with Gasteiger partial charge in [0.25, 0.3) is 0 Å². The van der Waals surface area contributed by atoms with E-state index in [-0.39, 0.29) is 5.91 Å². The zero-order valence-corrected chi connectivity index (χ0v) is 13.2. The van der Waals surface area contributed by atoms with Crippen LogP contribution in [0, 0.1) is 13.8 Å². The van der Waals surface area contributed by atoms with Gasteiger partial charge in [0.05, 0.1) is 17.1 Å². The Labute approximate surface area is 128 Å². The summed E-state index contributed by atoms with van der Waals surface area (Å²) in [4.78, 5) is 18.9. The van der Waals surface area contributed by atoms with E-state index in [1.165, 1.54) is 0 Å². The fourth-order valence-corrected chi connectivity index (χ4v) is 3.63. The summed E-state index contributed by atoms with van der Waals surface area (Å²) in [5, 5.41) is 7.06. The third-order valence-corrected chi connectivity index (χ3v) is 5.02. The first-order valence-electron chi connectivity index (χ1n) is 7.24. The second-order valence-corrected chi connectivity index (χ2v) is 6.45. The first-order chi connectivity index (χ1) is 10.1. The van der Waals surface area contributed by atoms with E-state index in [9.17, 15) is 4.79 Å². The van der Waals surface area contributed by atoms with Gasteiger partial charge >= 0.3 is 0 Å². The minimum absolute atomic E-state index is 0.158. The quantitative estimate of drug-likeness (QED) is 0.875. The number of nitrogens with zero attached hydrogens (tertiary/aromatic N) is 3. The number of rotatable bonds is 3. The summed E-state index contributed by atoms with van der Waals surface area (Å²) in [5.41, 5.74) is 1.74. The molecule has 1 atom stereocenters. The number of thiazole rings is 1. The summed E-state index contributed by atoms with van der Waals surface area (Å²) in [7, 11) is 0. The maximum atomic E-state index is 12.5. The van der Waals surface area contributed by atoms with Gasteiger partial charge in [0.1, 0.15) is 5.76 Å². The van der Waals surface area contributed by atoms with Gasteiger partial charge in [-0.05, 0) is 26.7 Å². The van der Waals surface area contributed by atoms with Gasteiger partial charge < -0.3 is 9.42 Å². The minimum atomic E-state index is 0.158. The van der Waals surface area contributed by atoms with E-state index in [2.05, 4.69) is 10.1 Å². The van der Waals surface area contributed by atoms with Crippen LogP contribution in [0.25, 0.3) is 0 Å². The predicted octanol–water partition coefficient (Wildman–Crippen LogP) is 2.70. The van der Waals surface area contributed by atoms with E-state index < -0.39 is 0 Å². The van der Waals surface area contributed by atoms with Gasteiger partial charge in [-0.15, -0.1) is 11.3 Å². The molecule has 2 aromatic heterocycles. The van der Waals surface area contributed by atoms with E-state index in [1.807, 2.05) is 30.3 Å². The van der Waals surface area contributed by atoms with Gasteiger partial charge in [-0.2, -0.15) is 0 Å². The van der Waals surface area contributed by atoms with Crippen molar-refractivity contribution in [3.8, 4) is 0 Å². The van der Waals surface area contributed by atoms with Crippen molar-refractivity contribution < 1.29 is 9.32 Å². The molecule has 5 nitrogen and oxygen atoms in total. The molecule has 0 aromatic carbocycles. The molecule has 1 fully saturated rings. The number of hydrogen-bond acceptors (Lipinski definition) is 5. The highest BCUT2D eigenvalue weighted by Crippen LogP contribution is 2.28. The first kappa shape index (κ1) is 14.3. The third kappa shape index (κ3) is 3.00. The van der Waals surface area contributed by atoms with Gasteiger partial charge in [-0.1, -0.05) is 5.16 Å². The molecule has 1 aliphatic heterocycles.